The third kappa shape index (κ3) is 4.42. The van der Waals surface area contributed by atoms with E-state index in [-0.39, 0.29) is 0 Å². The number of hydrogen-bond donors (Lipinski definition) is 0. The molecule has 0 N–H and O–H groups in total. The Kier molecular flexibility index (Phi) is 6.10. The molecule has 4 nitrogen and oxygen atoms in total. The number of hydrogen-bond acceptors (Lipinski definition) is 3. The number of fused-ring (bicyclic) bond motifs is 3. The molecule has 31 heavy (non-hydrogen) atoms. The van der Waals surface area contributed by atoms with Gasteiger partial charge < -0.3 is 4.57 Å². The second kappa shape index (κ2) is 9.13. The van der Waals surface area contributed by atoms with Crippen molar-refractivity contribution in [1.29, 1.82) is 0 Å². The van der Waals surface area contributed by atoms with Crippen LogP contribution in [-0.4, -0.2) is 51.6 Å². The maximum atomic E-state index is 5.10. The standard InChI is InChI=1S/C27H36N4/c1-3-4-7-23-20-29(16-12-21(23)2)19-22-10-11-26-25(18-22)28-27-13-17-30(24-8-5-9-24)14-6-15-31(26)27/h3-4,7,10-11,18,24H,1,5-6,8-9,12-17,19-20H2,2H3/b7-4-. The molecule has 1 aromatic heterocycles. The lowest BCUT2D eigenvalue weighted by molar-refractivity contribution is 0.120. The molecule has 2 aliphatic heterocycles. The number of nitrogens with zero attached hydrogens (tertiary/aromatic N) is 4. The van der Waals surface area contributed by atoms with Gasteiger partial charge in [0.1, 0.15) is 5.82 Å². The molecule has 0 atom stereocenters. The van der Waals surface area contributed by atoms with Crippen LogP contribution in [0.25, 0.3) is 11.0 Å². The third-order valence-electron chi connectivity index (χ3n) is 7.52. The minimum absolute atomic E-state index is 0.843. The van der Waals surface area contributed by atoms with E-state index in [0.717, 1.165) is 45.1 Å². The van der Waals surface area contributed by atoms with E-state index in [4.69, 9.17) is 4.98 Å². The monoisotopic (exact) mass is 416 g/mol. The summed E-state index contributed by atoms with van der Waals surface area (Å²) >= 11 is 0. The molecule has 1 fully saturated rings. The highest BCUT2D eigenvalue weighted by Gasteiger charge is 2.26. The molecule has 0 saturated heterocycles. The molecule has 1 saturated carbocycles. The third-order valence-corrected chi connectivity index (χ3v) is 7.52. The normalized spacial score (nSPS) is 21.8. The van der Waals surface area contributed by atoms with Gasteiger partial charge in [0.05, 0.1) is 11.0 Å². The van der Waals surface area contributed by atoms with Crippen molar-refractivity contribution < 1.29 is 0 Å². The second-order valence-corrected chi connectivity index (χ2v) is 9.59. The summed E-state index contributed by atoms with van der Waals surface area (Å²) in [6.45, 7) is 12.7. The predicted octanol–water partition coefficient (Wildman–Crippen LogP) is 5.10. The Hall–Kier alpha value is -2.17. The van der Waals surface area contributed by atoms with Crippen molar-refractivity contribution in [3.63, 3.8) is 0 Å². The first kappa shape index (κ1) is 20.7. The average Bonchev–Trinajstić information content (AvgIpc) is 3.05. The fourth-order valence-corrected chi connectivity index (χ4v) is 5.38. The smallest absolute Gasteiger partial charge is 0.111 e. The van der Waals surface area contributed by atoms with Crippen molar-refractivity contribution in [2.24, 2.45) is 0 Å². The maximum absolute atomic E-state index is 5.10. The highest BCUT2D eigenvalue weighted by atomic mass is 15.2. The van der Waals surface area contributed by atoms with Gasteiger partial charge in [0, 0.05) is 51.7 Å². The number of benzene rings is 1. The van der Waals surface area contributed by atoms with Gasteiger partial charge in [-0.05, 0) is 55.9 Å². The van der Waals surface area contributed by atoms with Gasteiger partial charge in [0.25, 0.3) is 0 Å². The Morgan fingerprint density at radius 1 is 1.10 bits per heavy atom. The molecule has 0 amide bonds. The molecule has 164 valence electrons. The molecule has 4 heteroatoms. The minimum Gasteiger partial charge on any atom is -0.328 e. The summed E-state index contributed by atoms with van der Waals surface area (Å²) in [7, 11) is 0. The van der Waals surface area contributed by atoms with Crippen molar-refractivity contribution in [1.82, 2.24) is 19.4 Å². The second-order valence-electron chi connectivity index (χ2n) is 9.59. The number of aryl methyl sites for hydroxylation is 1. The van der Waals surface area contributed by atoms with E-state index in [2.05, 4.69) is 58.2 Å². The summed E-state index contributed by atoms with van der Waals surface area (Å²) in [6, 6.07) is 7.81. The van der Waals surface area contributed by atoms with E-state index in [1.807, 2.05) is 6.08 Å². The van der Waals surface area contributed by atoms with E-state index < -0.39 is 0 Å². The number of imidazole rings is 1. The zero-order valence-corrected chi connectivity index (χ0v) is 19.0. The molecule has 0 radical (unpaired) electrons. The first-order chi connectivity index (χ1) is 15.2. The van der Waals surface area contributed by atoms with Crippen LogP contribution in [0.1, 0.15) is 50.4 Å². The summed E-state index contributed by atoms with van der Waals surface area (Å²) in [6.07, 6.45) is 13.8. The molecule has 0 unspecified atom stereocenters. The lowest BCUT2D eigenvalue weighted by atomic mass is 9.91. The van der Waals surface area contributed by atoms with Gasteiger partial charge >= 0.3 is 0 Å². The summed E-state index contributed by atoms with van der Waals surface area (Å²) in [4.78, 5) is 10.4. The zero-order chi connectivity index (χ0) is 21.2. The largest absolute Gasteiger partial charge is 0.328 e. The molecule has 5 rings (SSSR count). The topological polar surface area (TPSA) is 24.3 Å². The van der Waals surface area contributed by atoms with Crippen LogP contribution in [0.3, 0.4) is 0 Å². The van der Waals surface area contributed by atoms with Crippen LogP contribution in [0.4, 0.5) is 0 Å². The van der Waals surface area contributed by atoms with Crippen LogP contribution in [0.15, 0.2) is 54.2 Å². The van der Waals surface area contributed by atoms with Crippen molar-refractivity contribution >= 4 is 11.0 Å². The van der Waals surface area contributed by atoms with Gasteiger partial charge in [-0.15, -0.1) is 0 Å². The van der Waals surface area contributed by atoms with Crippen molar-refractivity contribution in [2.75, 3.05) is 26.2 Å². The lowest BCUT2D eigenvalue weighted by Crippen LogP contribution is -2.43. The Morgan fingerprint density at radius 2 is 2.00 bits per heavy atom. The van der Waals surface area contributed by atoms with Crippen molar-refractivity contribution in [2.45, 2.75) is 64.6 Å². The zero-order valence-electron chi connectivity index (χ0n) is 19.0. The van der Waals surface area contributed by atoms with E-state index in [0.29, 0.717) is 0 Å². The van der Waals surface area contributed by atoms with Gasteiger partial charge in [-0.1, -0.05) is 42.9 Å². The van der Waals surface area contributed by atoms with Gasteiger partial charge in [0.15, 0.2) is 0 Å². The van der Waals surface area contributed by atoms with Gasteiger partial charge in [-0.3, -0.25) is 9.80 Å². The first-order valence-corrected chi connectivity index (χ1v) is 12.1. The van der Waals surface area contributed by atoms with E-state index in [1.165, 1.54) is 72.3 Å². The summed E-state index contributed by atoms with van der Waals surface area (Å²) < 4.78 is 2.49. The minimum atomic E-state index is 0.843. The fraction of sp³-hybridized carbons (Fsp3) is 0.519. The fourth-order valence-electron chi connectivity index (χ4n) is 5.38. The Bertz CT molecular complexity index is 1010. The highest BCUT2D eigenvalue weighted by molar-refractivity contribution is 5.77. The van der Waals surface area contributed by atoms with E-state index >= 15 is 0 Å². The van der Waals surface area contributed by atoms with E-state index in [9.17, 15) is 0 Å². The molecule has 3 heterocycles. The van der Waals surface area contributed by atoms with Crippen molar-refractivity contribution in [3.8, 4) is 0 Å². The van der Waals surface area contributed by atoms with Crippen LogP contribution in [-0.2, 0) is 19.5 Å². The quantitative estimate of drug-likeness (QED) is 0.634. The molecule has 0 spiro atoms. The summed E-state index contributed by atoms with van der Waals surface area (Å²) in [5.41, 5.74) is 6.82. The molecular formula is C27H36N4. The average molecular weight is 417 g/mol. The van der Waals surface area contributed by atoms with Crippen LogP contribution in [0.2, 0.25) is 0 Å². The summed E-state index contributed by atoms with van der Waals surface area (Å²) in [5, 5.41) is 0. The van der Waals surface area contributed by atoms with Crippen LogP contribution >= 0.6 is 0 Å². The Balaban J connectivity index is 1.31. The Labute approximate surface area is 186 Å². The molecule has 1 aromatic carbocycles. The Morgan fingerprint density at radius 3 is 2.81 bits per heavy atom. The lowest BCUT2D eigenvalue weighted by Gasteiger charge is -2.38. The first-order valence-electron chi connectivity index (χ1n) is 12.1. The molecule has 0 bridgehead atoms. The number of allylic oxidation sites excluding steroid dienone is 2. The SMILES string of the molecule is C=C/C=C\C1=C(C)CCN(Cc2ccc3c(c2)nc2n3CCCN(C3CCC3)CC2)C1. The maximum Gasteiger partial charge on any atom is 0.111 e. The molecule has 3 aliphatic rings. The van der Waals surface area contributed by atoms with Gasteiger partial charge in [-0.2, -0.15) is 0 Å². The van der Waals surface area contributed by atoms with Crippen LogP contribution < -0.4 is 0 Å². The van der Waals surface area contributed by atoms with E-state index in [1.54, 1.807) is 0 Å². The van der Waals surface area contributed by atoms with Crippen molar-refractivity contribution in [3.05, 3.63) is 65.5 Å². The molecule has 1 aliphatic carbocycles. The molecule has 2 aromatic rings. The molecular weight excluding hydrogens is 380 g/mol. The van der Waals surface area contributed by atoms with Crippen LogP contribution in [0, 0.1) is 0 Å². The van der Waals surface area contributed by atoms with Gasteiger partial charge in [-0.25, -0.2) is 4.98 Å². The number of rotatable bonds is 5. The predicted molar refractivity (Wildman–Crippen MR) is 129 cm³/mol. The number of aromatic nitrogens is 2. The summed E-state index contributed by atoms with van der Waals surface area (Å²) in [5.74, 6) is 1.28. The van der Waals surface area contributed by atoms with Crippen LogP contribution in [0.5, 0.6) is 0 Å². The van der Waals surface area contributed by atoms with Gasteiger partial charge in [0.2, 0.25) is 0 Å². The highest BCUT2D eigenvalue weighted by Crippen LogP contribution is 2.28.